The Bertz CT molecular complexity index is 442. The summed E-state index contributed by atoms with van der Waals surface area (Å²) in [7, 11) is 0. The Kier molecular flexibility index (Phi) is 14.8. The summed E-state index contributed by atoms with van der Waals surface area (Å²) in [6, 6.07) is 0. The summed E-state index contributed by atoms with van der Waals surface area (Å²) in [4.78, 5) is 9.89. The van der Waals surface area contributed by atoms with Gasteiger partial charge in [-0.15, -0.1) is 0 Å². The van der Waals surface area contributed by atoms with Crippen LogP contribution in [-0.2, 0) is 23.7 Å². The van der Waals surface area contributed by atoms with Crippen LogP contribution < -0.4 is 0 Å². The third-order valence-corrected chi connectivity index (χ3v) is 6.67. The van der Waals surface area contributed by atoms with Gasteiger partial charge in [-0.1, -0.05) is 0 Å². The first-order valence-electron chi connectivity index (χ1n) is 13.2. The van der Waals surface area contributed by atoms with Gasteiger partial charge in [0.1, 0.15) is 0 Å². The highest BCUT2D eigenvalue weighted by molar-refractivity contribution is 4.66. The summed E-state index contributed by atoms with van der Waals surface area (Å²) < 4.78 is 30.1. The molecule has 0 aliphatic carbocycles. The number of ether oxygens (including phenoxy) is 5. The fourth-order valence-corrected chi connectivity index (χ4v) is 4.46. The summed E-state index contributed by atoms with van der Waals surface area (Å²) in [5.41, 5.74) is 0. The maximum absolute atomic E-state index is 6.02. The number of fused-ring (bicyclic) bond motifs is 23. The van der Waals surface area contributed by atoms with Gasteiger partial charge in [-0.05, 0) is 12.8 Å². The molecular formula is C24H48N4O5. The highest BCUT2D eigenvalue weighted by atomic mass is 16.5. The number of nitrogens with zero attached hydrogens (tertiary/aromatic N) is 4. The van der Waals surface area contributed by atoms with Gasteiger partial charge in [0.05, 0.1) is 52.9 Å². The molecule has 9 nitrogen and oxygen atoms in total. The third-order valence-electron chi connectivity index (χ3n) is 6.67. The highest BCUT2D eigenvalue weighted by Crippen LogP contribution is 2.01. The molecule has 194 valence electrons. The maximum atomic E-state index is 6.02. The van der Waals surface area contributed by atoms with E-state index in [9.17, 15) is 0 Å². The van der Waals surface area contributed by atoms with E-state index in [1.54, 1.807) is 0 Å². The molecule has 4 saturated heterocycles. The summed E-state index contributed by atoms with van der Waals surface area (Å²) in [5, 5.41) is 0. The van der Waals surface area contributed by atoms with Crippen LogP contribution in [0.5, 0.6) is 0 Å². The minimum absolute atomic E-state index is 0.752. The molecule has 0 radical (unpaired) electrons. The van der Waals surface area contributed by atoms with Gasteiger partial charge in [-0.3, -0.25) is 14.7 Å². The first-order valence-corrected chi connectivity index (χ1v) is 13.2. The van der Waals surface area contributed by atoms with Gasteiger partial charge in [-0.25, -0.2) is 0 Å². The third kappa shape index (κ3) is 12.8. The second kappa shape index (κ2) is 18.0. The van der Waals surface area contributed by atoms with Crippen LogP contribution in [0.3, 0.4) is 0 Å². The van der Waals surface area contributed by atoms with E-state index in [4.69, 9.17) is 23.7 Å². The van der Waals surface area contributed by atoms with Crippen molar-refractivity contribution in [3.8, 4) is 0 Å². The van der Waals surface area contributed by atoms with Gasteiger partial charge in [0.15, 0.2) is 0 Å². The Labute approximate surface area is 201 Å². The van der Waals surface area contributed by atoms with Crippen LogP contribution in [-0.4, -0.2) is 164 Å². The predicted molar refractivity (Wildman–Crippen MR) is 129 cm³/mol. The summed E-state index contributed by atoms with van der Waals surface area (Å²) in [6.07, 6.45) is 2.12. The van der Waals surface area contributed by atoms with E-state index in [0.717, 1.165) is 157 Å². The molecule has 0 spiro atoms. The van der Waals surface area contributed by atoms with E-state index in [2.05, 4.69) is 19.6 Å². The first-order chi connectivity index (χ1) is 16.4. The Morgan fingerprint density at radius 3 is 0.818 bits per heavy atom. The van der Waals surface area contributed by atoms with Crippen molar-refractivity contribution in [2.45, 2.75) is 12.8 Å². The van der Waals surface area contributed by atoms with Crippen molar-refractivity contribution in [2.75, 3.05) is 145 Å². The fraction of sp³-hybridized carbons (Fsp3) is 1.00. The van der Waals surface area contributed by atoms with Crippen LogP contribution in [0.25, 0.3) is 0 Å². The lowest BCUT2D eigenvalue weighted by Gasteiger charge is -2.27. The molecule has 0 saturated carbocycles. The zero-order chi connectivity index (χ0) is 22.8. The van der Waals surface area contributed by atoms with E-state index in [1.165, 1.54) is 0 Å². The smallest absolute Gasteiger partial charge is 0.0594 e. The largest absolute Gasteiger partial charge is 0.380 e. The van der Waals surface area contributed by atoms with Crippen LogP contribution in [0.1, 0.15) is 12.8 Å². The molecule has 0 aromatic rings. The molecule has 4 bridgehead atoms. The highest BCUT2D eigenvalue weighted by Gasteiger charge is 2.13. The van der Waals surface area contributed by atoms with Crippen LogP contribution in [0.4, 0.5) is 0 Å². The van der Waals surface area contributed by atoms with Gasteiger partial charge in [0, 0.05) is 91.8 Å². The zero-order valence-electron chi connectivity index (χ0n) is 20.8. The van der Waals surface area contributed by atoms with Crippen molar-refractivity contribution in [1.82, 2.24) is 19.6 Å². The molecule has 33 heavy (non-hydrogen) atoms. The van der Waals surface area contributed by atoms with Gasteiger partial charge >= 0.3 is 0 Å². The SMILES string of the molecule is C1COCCN2CCOCCN3CCOCCN(C1)CCCOCCN(CCOCC3)CC2. The average Bonchev–Trinajstić information content (AvgIpc) is 2.82. The normalized spacial score (nSPS) is 34.2. The number of rotatable bonds is 0. The number of hydrogen-bond donors (Lipinski definition) is 0. The van der Waals surface area contributed by atoms with Crippen LogP contribution in [0, 0.1) is 0 Å². The minimum Gasteiger partial charge on any atom is -0.380 e. The molecule has 9 heteroatoms. The van der Waals surface area contributed by atoms with Crippen LogP contribution in [0.2, 0.25) is 0 Å². The molecule has 0 aromatic carbocycles. The van der Waals surface area contributed by atoms with E-state index >= 15 is 0 Å². The molecule has 4 aliphatic rings. The van der Waals surface area contributed by atoms with E-state index in [-0.39, 0.29) is 0 Å². The van der Waals surface area contributed by atoms with Gasteiger partial charge < -0.3 is 28.6 Å². The molecular weight excluding hydrogens is 424 g/mol. The van der Waals surface area contributed by atoms with E-state index in [0.29, 0.717) is 0 Å². The Hall–Kier alpha value is -0.360. The van der Waals surface area contributed by atoms with Crippen molar-refractivity contribution >= 4 is 0 Å². The number of hydrogen-bond acceptors (Lipinski definition) is 9. The van der Waals surface area contributed by atoms with Crippen molar-refractivity contribution < 1.29 is 23.7 Å². The second-order valence-corrected chi connectivity index (χ2v) is 9.14. The topological polar surface area (TPSA) is 59.1 Å². The molecule has 0 aromatic heterocycles. The van der Waals surface area contributed by atoms with E-state index in [1.807, 2.05) is 0 Å². The van der Waals surface area contributed by atoms with Gasteiger partial charge in [-0.2, -0.15) is 0 Å². The van der Waals surface area contributed by atoms with Crippen molar-refractivity contribution in [3.05, 3.63) is 0 Å². The quantitative estimate of drug-likeness (QED) is 0.488. The van der Waals surface area contributed by atoms with Crippen molar-refractivity contribution in [1.29, 1.82) is 0 Å². The lowest BCUT2D eigenvalue weighted by Crippen LogP contribution is -2.41. The second-order valence-electron chi connectivity index (χ2n) is 9.14. The fourth-order valence-electron chi connectivity index (χ4n) is 4.46. The molecule has 4 fully saturated rings. The molecule has 4 aliphatic heterocycles. The Balaban J connectivity index is 1.69. The predicted octanol–water partition coefficient (Wildman–Crippen LogP) is 0.0984. The standard InChI is InChI=1S/C24H48N4O5/c1-3-25-4-2-16-30-18-9-27-6-5-26(8-17-29-15-1)10-20-32-23-13-28(12-22-31-19-7-25)14-24-33-21-11-27/h1-24H2. The monoisotopic (exact) mass is 472 g/mol. The molecule has 2 unspecified atom stereocenters. The van der Waals surface area contributed by atoms with E-state index < -0.39 is 0 Å². The lowest BCUT2D eigenvalue weighted by atomic mass is 10.3. The average molecular weight is 473 g/mol. The molecule has 0 amide bonds. The van der Waals surface area contributed by atoms with Crippen LogP contribution in [0.15, 0.2) is 0 Å². The van der Waals surface area contributed by atoms with Gasteiger partial charge in [0.25, 0.3) is 0 Å². The van der Waals surface area contributed by atoms with Crippen LogP contribution >= 0.6 is 0 Å². The maximum Gasteiger partial charge on any atom is 0.0594 e. The first kappa shape index (κ1) is 27.2. The molecule has 4 heterocycles. The minimum atomic E-state index is 0.752. The Morgan fingerprint density at radius 1 is 0.242 bits per heavy atom. The summed E-state index contributed by atoms with van der Waals surface area (Å²) >= 11 is 0. The van der Waals surface area contributed by atoms with Crippen molar-refractivity contribution in [2.24, 2.45) is 0 Å². The molecule has 0 N–H and O–H groups in total. The lowest BCUT2D eigenvalue weighted by molar-refractivity contribution is 0.0440. The zero-order valence-corrected chi connectivity index (χ0v) is 20.8. The molecule has 4 rings (SSSR count). The molecule has 2 atom stereocenters. The van der Waals surface area contributed by atoms with Crippen molar-refractivity contribution in [3.63, 3.8) is 0 Å². The summed E-state index contributed by atoms with van der Waals surface area (Å²) in [5.74, 6) is 0. The summed E-state index contributed by atoms with van der Waals surface area (Å²) in [6.45, 7) is 19.4. The van der Waals surface area contributed by atoms with Gasteiger partial charge in [0.2, 0.25) is 0 Å². The Morgan fingerprint density at radius 2 is 0.485 bits per heavy atom.